The van der Waals surface area contributed by atoms with E-state index in [1.165, 1.54) is 5.57 Å². The first-order valence-electron chi connectivity index (χ1n) is 8.53. The highest BCUT2D eigenvalue weighted by molar-refractivity contribution is 5.95. The molecule has 0 saturated heterocycles. The Morgan fingerprint density at radius 3 is 2.52 bits per heavy atom. The average molecular weight is 409 g/mol. The number of hydrogen-bond donors (Lipinski definition) is 2. The van der Waals surface area contributed by atoms with E-state index in [2.05, 4.69) is 38.7 Å². The summed E-state index contributed by atoms with van der Waals surface area (Å²) in [4.78, 5) is 18.7. The number of anilines is 1. The van der Waals surface area contributed by atoms with E-state index in [9.17, 15) is 4.79 Å². The number of halogens is 2. The van der Waals surface area contributed by atoms with Crippen molar-refractivity contribution >= 4 is 36.4 Å². The first-order chi connectivity index (χ1) is 12.1. The minimum absolute atomic E-state index is 0. The van der Waals surface area contributed by atoms with Crippen LogP contribution in [-0.2, 0) is 0 Å². The molecule has 2 N–H and O–H groups in total. The number of hydrogen-bond acceptors (Lipinski definition) is 4. The van der Waals surface area contributed by atoms with Crippen LogP contribution in [0, 0.1) is 0 Å². The molecular formula is C20H26Cl2N4O. The van der Waals surface area contributed by atoms with Crippen molar-refractivity contribution in [2.24, 2.45) is 0 Å². The van der Waals surface area contributed by atoms with Gasteiger partial charge in [-0.3, -0.25) is 9.78 Å². The lowest BCUT2D eigenvalue weighted by molar-refractivity contribution is 0.0956. The number of carbonyl (C=O) groups is 1. The summed E-state index contributed by atoms with van der Waals surface area (Å²) in [7, 11) is 4.03. The number of nitrogens with zero attached hydrogens (tertiary/aromatic N) is 2. The van der Waals surface area contributed by atoms with Gasteiger partial charge < -0.3 is 15.5 Å². The summed E-state index contributed by atoms with van der Waals surface area (Å²) >= 11 is 0. The summed E-state index contributed by atoms with van der Waals surface area (Å²) < 4.78 is 0. The molecule has 27 heavy (non-hydrogen) atoms. The van der Waals surface area contributed by atoms with Gasteiger partial charge >= 0.3 is 0 Å². The highest BCUT2D eigenvalue weighted by atomic mass is 35.5. The third kappa shape index (κ3) is 6.24. The van der Waals surface area contributed by atoms with Gasteiger partial charge in [0.25, 0.3) is 5.91 Å². The third-order valence-electron chi connectivity index (χ3n) is 4.35. The van der Waals surface area contributed by atoms with Crippen molar-refractivity contribution in [3.05, 3.63) is 59.9 Å². The number of rotatable bonds is 5. The Kier molecular flexibility index (Phi) is 9.29. The van der Waals surface area contributed by atoms with E-state index in [0.717, 1.165) is 36.3 Å². The Morgan fingerprint density at radius 1 is 1.15 bits per heavy atom. The monoisotopic (exact) mass is 408 g/mol. The van der Waals surface area contributed by atoms with E-state index >= 15 is 0 Å². The van der Waals surface area contributed by atoms with Crippen LogP contribution < -0.4 is 15.5 Å². The van der Waals surface area contributed by atoms with Crippen LogP contribution in [0.25, 0.3) is 11.1 Å². The second kappa shape index (κ2) is 10.9. The number of amides is 1. The fraction of sp³-hybridized carbons (Fsp3) is 0.300. The number of benzene rings is 1. The second-order valence-corrected chi connectivity index (χ2v) is 6.40. The number of nitrogens with one attached hydrogen (secondary N) is 2. The topological polar surface area (TPSA) is 57.3 Å². The molecule has 0 aliphatic carbocycles. The molecule has 5 nitrogen and oxygen atoms in total. The highest BCUT2D eigenvalue weighted by Gasteiger charge is 2.10. The molecule has 0 atom stereocenters. The van der Waals surface area contributed by atoms with Gasteiger partial charge in [-0.15, -0.1) is 24.8 Å². The minimum Gasteiger partial charge on any atom is -0.378 e. The number of aromatic nitrogens is 1. The molecule has 1 aromatic carbocycles. The van der Waals surface area contributed by atoms with E-state index in [-0.39, 0.29) is 30.7 Å². The van der Waals surface area contributed by atoms with Crippen LogP contribution in [0.4, 0.5) is 5.69 Å². The summed E-state index contributed by atoms with van der Waals surface area (Å²) in [6, 6.07) is 10.1. The zero-order valence-electron chi connectivity index (χ0n) is 15.6. The normalized spacial score (nSPS) is 12.9. The van der Waals surface area contributed by atoms with Gasteiger partial charge in [-0.1, -0.05) is 23.8 Å². The summed E-state index contributed by atoms with van der Waals surface area (Å²) in [5, 5.41) is 6.26. The Hall–Kier alpha value is -2.08. The number of carbonyl (C=O) groups excluding carboxylic acids is 1. The number of pyridine rings is 1. The molecule has 7 heteroatoms. The third-order valence-corrected chi connectivity index (χ3v) is 4.35. The van der Waals surface area contributed by atoms with Crippen LogP contribution in [-0.4, -0.2) is 44.6 Å². The lowest BCUT2D eigenvalue weighted by atomic mass is 10.0. The second-order valence-electron chi connectivity index (χ2n) is 6.40. The first kappa shape index (κ1) is 23.0. The van der Waals surface area contributed by atoms with Crippen LogP contribution in [0.2, 0.25) is 0 Å². The molecular weight excluding hydrogens is 383 g/mol. The van der Waals surface area contributed by atoms with Crippen molar-refractivity contribution in [2.45, 2.75) is 6.42 Å². The van der Waals surface area contributed by atoms with Gasteiger partial charge in [-0.05, 0) is 36.7 Å². The van der Waals surface area contributed by atoms with Crippen molar-refractivity contribution in [2.75, 3.05) is 38.6 Å². The largest absolute Gasteiger partial charge is 0.378 e. The van der Waals surface area contributed by atoms with Gasteiger partial charge in [-0.2, -0.15) is 0 Å². The SMILES string of the molecule is CN(C)c1ccc(-c2cncc(C(=O)NCC3=CCNCC3)c2)cc1.Cl.Cl. The molecule has 2 aromatic rings. The molecule has 0 unspecified atom stereocenters. The zero-order valence-corrected chi connectivity index (χ0v) is 17.2. The molecule has 2 heterocycles. The maximum absolute atomic E-state index is 12.4. The van der Waals surface area contributed by atoms with Crippen molar-refractivity contribution in [3.8, 4) is 11.1 Å². The molecule has 0 radical (unpaired) electrons. The quantitative estimate of drug-likeness (QED) is 0.745. The molecule has 0 saturated carbocycles. The van der Waals surface area contributed by atoms with Crippen LogP contribution in [0.5, 0.6) is 0 Å². The van der Waals surface area contributed by atoms with E-state index in [1.54, 1.807) is 12.4 Å². The van der Waals surface area contributed by atoms with Gasteiger partial charge in [-0.25, -0.2) is 0 Å². The van der Waals surface area contributed by atoms with Crippen molar-refractivity contribution in [1.82, 2.24) is 15.6 Å². The lowest BCUT2D eigenvalue weighted by Crippen LogP contribution is -2.29. The van der Waals surface area contributed by atoms with Crippen LogP contribution >= 0.6 is 24.8 Å². The van der Waals surface area contributed by atoms with Crippen LogP contribution in [0.3, 0.4) is 0 Å². The van der Waals surface area contributed by atoms with E-state index in [0.29, 0.717) is 12.1 Å². The predicted molar refractivity (Wildman–Crippen MR) is 116 cm³/mol. The van der Waals surface area contributed by atoms with Gasteiger partial charge in [0.05, 0.1) is 5.56 Å². The molecule has 0 spiro atoms. The summed E-state index contributed by atoms with van der Waals surface area (Å²) in [6.07, 6.45) is 6.53. The summed E-state index contributed by atoms with van der Waals surface area (Å²) in [6.45, 7) is 2.45. The Morgan fingerprint density at radius 2 is 1.89 bits per heavy atom. The van der Waals surface area contributed by atoms with E-state index in [1.807, 2.05) is 32.3 Å². The van der Waals surface area contributed by atoms with Gasteiger partial charge in [0.15, 0.2) is 0 Å². The molecule has 1 aromatic heterocycles. The molecule has 0 fully saturated rings. The Labute approximate surface area is 173 Å². The maximum atomic E-state index is 12.4. The van der Waals surface area contributed by atoms with E-state index < -0.39 is 0 Å². The lowest BCUT2D eigenvalue weighted by Gasteiger charge is -2.15. The standard InChI is InChI=1S/C20H24N4O.2ClH/c1-24(2)19-5-3-16(4-6-19)17-11-18(14-22-13-17)20(25)23-12-15-7-9-21-10-8-15;;/h3-7,11,13-14,21H,8-10,12H2,1-2H3,(H,23,25);2*1H. The van der Waals surface area contributed by atoms with E-state index in [4.69, 9.17) is 0 Å². The molecule has 1 aliphatic rings. The first-order valence-corrected chi connectivity index (χ1v) is 8.53. The van der Waals surface area contributed by atoms with Gasteiger partial charge in [0, 0.05) is 50.8 Å². The fourth-order valence-corrected chi connectivity index (χ4v) is 2.80. The zero-order chi connectivity index (χ0) is 17.6. The van der Waals surface area contributed by atoms with Gasteiger partial charge in [0.2, 0.25) is 0 Å². The minimum atomic E-state index is -0.0845. The Bertz CT molecular complexity index is 776. The van der Waals surface area contributed by atoms with Crippen molar-refractivity contribution in [3.63, 3.8) is 0 Å². The average Bonchev–Trinajstić information content (AvgIpc) is 2.67. The fourth-order valence-electron chi connectivity index (χ4n) is 2.80. The molecule has 3 rings (SSSR count). The summed E-state index contributed by atoms with van der Waals surface area (Å²) in [5.41, 5.74) is 4.99. The van der Waals surface area contributed by atoms with Gasteiger partial charge in [0.1, 0.15) is 0 Å². The molecule has 0 bridgehead atoms. The maximum Gasteiger partial charge on any atom is 0.253 e. The molecule has 146 valence electrons. The predicted octanol–water partition coefficient (Wildman–Crippen LogP) is 3.31. The molecule has 1 aliphatic heterocycles. The molecule has 1 amide bonds. The van der Waals surface area contributed by atoms with Crippen LogP contribution in [0.15, 0.2) is 54.4 Å². The van der Waals surface area contributed by atoms with Crippen molar-refractivity contribution in [1.29, 1.82) is 0 Å². The van der Waals surface area contributed by atoms with Crippen LogP contribution in [0.1, 0.15) is 16.8 Å². The summed E-state index contributed by atoms with van der Waals surface area (Å²) in [5.74, 6) is -0.0845. The highest BCUT2D eigenvalue weighted by Crippen LogP contribution is 2.22. The smallest absolute Gasteiger partial charge is 0.253 e. The van der Waals surface area contributed by atoms with Crippen molar-refractivity contribution < 1.29 is 4.79 Å². The Balaban J connectivity index is 0.00000182.